The molecule has 2 N–H and O–H groups in total. The van der Waals surface area contributed by atoms with Crippen molar-refractivity contribution in [3.05, 3.63) is 63.9 Å². The van der Waals surface area contributed by atoms with Crippen molar-refractivity contribution in [2.45, 2.75) is 31.8 Å². The maximum Gasteiger partial charge on any atom is 0.573 e. The first-order valence-corrected chi connectivity index (χ1v) is 11.1. The number of nitrogens with one attached hydrogen (secondary N) is 2. The lowest BCUT2D eigenvalue weighted by Crippen LogP contribution is -2.44. The Balaban J connectivity index is 1.20. The van der Waals surface area contributed by atoms with Gasteiger partial charge in [-0.3, -0.25) is 14.5 Å². The molecule has 8 nitrogen and oxygen atoms in total. The Morgan fingerprint density at radius 1 is 1.09 bits per heavy atom. The van der Waals surface area contributed by atoms with Crippen molar-refractivity contribution in [2.75, 3.05) is 19.9 Å². The molecule has 0 saturated carbocycles. The molecule has 0 unspecified atom stereocenters. The third kappa shape index (κ3) is 5.35. The van der Waals surface area contributed by atoms with E-state index in [2.05, 4.69) is 19.9 Å². The Labute approximate surface area is 197 Å². The van der Waals surface area contributed by atoms with Crippen LogP contribution in [0.5, 0.6) is 17.2 Å². The Bertz CT molecular complexity index is 1320. The monoisotopic (exact) mass is 489 g/mol. The molecule has 3 aromatic rings. The number of fused-ring (bicyclic) bond motifs is 2. The smallest absolute Gasteiger partial charge is 0.454 e. The number of alkyl halides is 3. The fourth-order valence-corrected chi connectivity index (χ4v) is 4.35. The molecule has 1 aromatic heterocycles. The molecule has 0 radical (unpaired) electrons. The second-order valence-corrected chi connectivity index (χ2v) is 8.51. The van der Waals surface area contributed by atoms with Gasteiger partial charge in [0.15, 0.2) is 16.9 Å². The molecule has 2 aliphatic rings. The normalized spacial score (nSPS) is 16.4. The zero-order valence-electron chi connectivity index (χ0n) is 18.5. The van der Waals surface area contributed by atoms with E-state index in [1.807, 2.05) is 18.2 Å². The number of benzene rings is 2. The fraction of sp³-hybridized carbons (Fsp3) is 0.333. The first kappa shape index (κ1) is 23.0. The Morgan fingerprint density at radius 3 is 2.63 bits per heavy atom. The van der Waals surface area contributed by atoms with Crippen LogP contribution in [0.1, 0.15) is 28.9 Å². The number of aromatic nitrogens is 1. The minimum atomic E-state index is -4.86. The number of carbonyl (C=O) groups excluding carboxylic acids is 1. The molecule has 35 heavy (non-hydrogen) atoms. The van der Waals surface area contributed by atoms with E-state index in [0.29, 0.717) is 0 Å². The molecule has 1 saturated heterocycles. The molecule has 3 heterocycles. The van der Waals surface area contributed by atoms with Gasteiger partial charge in [-0.2, -0.15) is 0 Å². The van der Waals surface area contributed by atoms with E-state index in [9.17, 15) is 22.8 Å². The molecule has 0 spiro atoms. The maximum absolute atomic E-state index is 12.8. The van der Waals surface area contributed by atoms with Crippen LogP contribution in [-0.4, -0.2) is 48.1 Å². The lowest BCUT2D eigenvalue weighted by atomic mass is 10.0. The second-order valence-electron chi connectivity index (χ2n) is 8.51. The van der Waals surface area contributed by atoms with Gasteiger partial charge in [-0.05, 0) is 42.7 Å². The fourth-order valence-electron chi connectivity index (χ4n) is 4.35. The van der Waals surface area contributed by atoms with E-state index in [0.717, 1.165) is 67.7 Å². The average Bonchev–Trinajstić information content (AvgIpc) is 3.27. The molecule has 11 heteroatoms. The predicted molar refractivity (Wildman–Crippen MR) is 120 cm³/mol. The van der Waals surface area contributed by atoms with Gasteiger partial charge in [0.05, 0.1) is 5.52 Å². The number of carbonyl (C=O) groups is 1. The van der Waals surface area contributed by atoms with Crippen molar-refractivity contribution in [3.8, 4) is 17.2 Å². The third-order valence-electron chi connectivity index (χ3n) is 6.05. The Morgan fingerprint density at radius 2 is 1.86 bits per heavy atom. The highest BCUT2D eigenvalue weighted by Crippen LogP contribution is 2.33. The Kier molecular flexibility index (Phi) is 6.01. The largest absolute Gasteiger partial charge is 0.573 e. The minimum Gasteiger partial charge on any atom is -0.454 e. The van der Waals surface area contributed by atoms with Crippen LogP contribution in [0.2, 0.25) is 0 Å². The van der Waals surface area contributed by atoms with E-state index in [1.165, 1.54) is 6.07 Å². The van der Waals surface area contributed by atoms with Crippen LogP contribution >= 0.6 is 0 Å². The number of H-pyrrole nitrogens is 1. The lowest BCUT2D eigenvalue weighted by Gasteiger charge is -2.32. The number of ether oxygens (including phenoxy) is 3. The summed E-state index contributed by atoms with van der Waals surface area (Å²) in [6.07, 6.45) is -3.42. The van der Waals surface area contributed by atoms with Gasteiger partial charge in [0.2, 0.25) is 6.79 Å². The molecule has 0 aliphatic carbocycles. The number of hydrogen-bond donors (Lipinski definition) is 2. The predicted octanol–water partition coefficient (Wildman–Crippen LogP) is 3.55. The summed E-state index contributed by atoms with van der Waals surface area (Å²) in [6.45, 7) is 2.52. The van der Waals surface area contributed by atoms with Crippen molar-refractivity contribution in [3.63, 3.8) is 0 Å². The number of rotatable bonds is 5. The van der Waals surface area contributed by atoms with Crippen molar-refractivity contribution >= 4 is 16.8 Å². The number of piperidine rings is 1. The van der Waals surface area contributed by atoms with Gasteiger partial charge in [-0.1, -0.05) is 6.07 Å². The van der Waals surface area contributed by atoms with Crippen molar-refractivity contribution in [1.29, 1.82) is 0 Å². The molecule has 0 atom stereocenters. The average molecular weight is 489 g/mol. The molecule has 0 bridgehead atoms. The van der Waals surface area contributed by atoms with Crippen LogP contribution in [0.4, 0.5) is 13.2 Å². The summed E-state index contributed by atoms with van der Waals surface area (Å²) in [5.41, 5.74) is 0.706. The van der Waals surface area contributed by atoms with E-state index < -0.39 is 23.4 Å². The first-order chi connectivity index (χ1) is 16.7. The summed E-state index contributed by atoms with van der Waals surface area (Å²) < 4.78 is 52.2. The summed E-state index contributed by atoms with van der Waals surface area (Å²) in [6, 6.07) is 10.3. The van der Waals surface area contributed by atoms with Crippen LogP contribution in [0.3, 0.4) is 0 Å². The van der Waals surface area contributed by atoms with Crippen LogP contribution in [0, 0.1) is 0 Å². The van der Waals surface area contributed by atoms with Gasteiger partial charge in [0.25, 0.3) is 5.91 Å². The number of halogens is 3. The van der Waals surface area contributed by atoms with Crippen LogP contribution in [0.25, 0.3) is 10.9 Å². The van der Waals surface area contributed by atoms with Gasteiger partial charge in [-0.25, -0.2) is 0 Å². The summed E-state index contributed by atoms with van der Waals surface area (Å²) in [7, 11) is 0. The van der Waals surface area contributed by atoms with Crippen LogP contribution in [-0.2, 0) is 6.54 Å². The maximum atomic E-state index is 12.8. The molecule has 2 aromatic carbocycles. The van der Waals surface area contributed by atoms with E-state index in [1.54, 1.807) is 0 Å². The van der Waals surface area contributed by atoms with E-state index in [4.69, 9.17) is 9.47 Å². The number of amides is 1. The van der Waals surface area contributed by atoms with Crippen molar-refractivity contribution < 1.29 is 32.2 Å². The quantitative estimate of drug-likeness (QED) is 0.570. The third-order valence-corrected chi connectivity index (χ3v) is 6.05. The summed E-state index contributed by atoms with van der Waals surface area (Å²) in [5, 5.41) is 3.07. The highest BCUT2D eigenvalue weighted by Gasteiger charge is 2.31. The SMILES string of the molecule is O=C(NC1CCN(Cc2ccc3c(c2)OCO3)CC1)c1cc(=O)c2ccc(OC(F)(F)F)cc2[nH]1. The summed E-state index contributed by atoms with van der Waals surface area (Å²) >= 11 is 0. The number of aromatic amines is 1. The molecule has 5 rings (SSSR count). The zero-order chi connectivity index (χ0) is 24.6. The van der Waals surface area contributed by atoms with Gasteiger partial charge < -0.3 is 24.5 Å². The molecule has 1 fully saturated rings. The highest BCUT2D eigenvalue weighted by molar-refractivity contribution is 5.95. The van der Waals surface area contributed by atoms with Gasteiger partial charge in [0, 0.05) is 43.2 Å². The summed E-state index contributed by atoms with van der Waals surface area (Å²) in [4.78, 5) is 30.2. The van der Waals surface area contributed by atoms with E-state index >= 15 is 0 Å². The zero-order valence-corrected chi connectivity index (χ0v) is 18.5. The standard InChI is InChI=1S/C24H22F3N3O5/c25-24(26,27)35-16-2-3-17-18(10-16)29-19(11-20(17)31)23(32)28-15-5-7-30(8-6-15)12-14-1-4-21-22(9-14)34-13-33-21/h1-4,9-11,15H,5-8,12-13H2,(H,28,32)(H,29,31). The number of hydrogen-bond acceptors (Lipinski definition) is 6. The minimum absolute atomic E-state index is 0.0190. The number of nitrogens with zero attached hydrogens (tertiary/aromatic N) is 1. The molecular formula is C24H22F3N3O5. The van der Waals surface area contributed by atoms with Crippen LogP contribution < -0.4 is 25.0 Å². The van der Waals surface area contributed by atoms with E-state index in [-0.39, 0.29) is 29.4 Å². The first-order valence-electron chi connectivity index (χ1n) is 11.1. The Hall–Kier alpha value is -3.73. The lowest BCUT2D eigenvalue weighted by molar-refractivity contribution is -0.274. The van der Waals surface area contributed by atoms with Crippen LogP contribution in [0.15, 0.2) is 47.3 Å². The van der Waals surface area contributed by atoms with Gasteiger partial charge >= 0.3 is 6.36 Å². The topological polar surface area (TPSA) is 92.9 Å². The molecule has 2 aliphatic heterocycles. The molecule has 184 valence electrons. The van der Waals surface area contributed by atoms with Gasteiger partial charge in [0.1, 0.15) is 11.4 Å². The summed E-state index contributed by atoms with van der Waals surface area (Å²) in [5.74, 6) is 0.519. The highest BCUT2D eigenvalue weighted by atomic mass is 19.4. The second kappa shape index (κ2) is 9.14. The molecule has 1 amide bonds. The number of pyridine rings is 1. The van der Waals surface area contributed by atoms with Crippen molar-refractivity contribution in [2.24, 2.45) is 0 Å². The number of likely N-dealkylation sites (tertiary alicyclic amines) is 1. The molecular weight excluding hydrogens is 467 g/mol. The van der Waals surface area contributed by atoms with Crippen molar-refractivity contribution in [1.82, 2.24) is 15.2 Å². The van der Waals surface area contributed by atoms with Gasteiger partial charge in [-0.15, -0.1) is 13.2 Å².